The van der Waals surface area contributed by atoms with Gasteiger partial charge < -0.3 is 11.1 Å². The quantitative estimate of drug-likeness (QED) is 0.893. The molecule has 6 heteroatoms. The summed E-state index contributed by atoms with van der Waals surface area (Å²) in [4.78, 5) is 3.82. The number of alkyl halides is 3. The zero-order chi connectivity index (χ0) is 14.6. The molecule has 1 aromatic heterocycles. The van der Waals surface area contributed by atoms with Crippen molar-refractivity contribution in [3.05, 3.63) is 23.9 Å². The van der Waals surface area contributed by atoms with Gasteiger partial charge in [-0.2, -0.15) is 13.2 Å². The highest BCUT2D eigenvalue weighted by atomic mass is 19.4. The lowest BCUT2D eigenvalue weighted by atomic mass is 9.79. The Labute approximate surface area is 116 Å². The Balaban J connectivity index is 2.03. The van der Waals surface area contributed by atoms with Crippen molar-refractivity contribution in [2.75, 3.05) is 18.4 Å². The van der Waals surface area contributed by atoms with E-state index in [1.807, 2.05) is 0 Å². The lowest BCUT2D eigenvalue weighted by molar-refractivity contribution is -0.137. The first kappa shape index (κ1) is 15.1. The molecule has 0 radical (unpaired) electrons. The van der Waals surface area contributed by atoms with Crippen molar-refractivity contribution in [2.24, 2.45) is 17.6 Å². The van der Waals surface area contributed by atoms with Crippen LogP contribution in [0.4, 0.5) is 19.0 Å². The first-order chi connectivity index (χ1) is 9.52. The molecule has 3 nitrogen and oxygen atoms in total. The van der Waals surface area contributed by atoms with Gasteiger partial charge in [-0.25, -0.2) is 4.98 Å². The minimum atomic E-state index is -4.38. The zero-order valence-corrected chi connectivity index (χ0v) is 11.3. The van der Waals surface area contributed by atoms with E-state index in [2.05, 4.69) is 10.3 Å². The van der Waals surface area contributed by atoms with Crippen molar-refractivity contribution in [1.29, 1.82) is 0 Å². The van der Waals surface area contributed by atoms with E-state index < -0.39 is 11.7 Å². The van der Waals surface area contributed by atoms with E-state index in [1.54, 1.807) is 0 Å². The predicted octanol–water partition coefficient (Wildman–Crippen LogP) is 3.28. The second-order valence-corrected chi connectivity index (χ2v) is 5.32. The van der Waals surface area contributed by atoms with Gasteiger partial charge in [-0.3, -0.25) is 0 Å². The number of nitrogens with two attached hydrogens (primary N) is 1. The van der Waals surface area contributed by atoms with Crippen molar-refractivity contribution >= 4 is 5.82 Å². The molecular formula is C14H20F3N3. The summed E-state index contributed by atoms with van der Waals surface area (Å²) >= 11 is 0. The Morgan fingerprint density at radius 1 is 1.25 bits per heavy atom. The molecule has 1 aliphatic carbocycles. The van der Waals surface area contributed by atoms with Crippen molar-refractivity contribution in [3.63, 3.8) is 0 Å². The molecule has 0 amide bonds. The molecule has 1 aliphatic rings. The lowest BCUT2D eigenvalue weighted by Crippen LogP contribution is -2.32. The summed E-state index contributed by atoms with van der Waals surface area (Å²) in [6, 6.07) is 2.36. The fourth-order valence-corrected chi connectivity index (χ4v) is 2.87. The average Bonchev–Trinajstić information content (AvgIpc) is 2.44. The second kappa shape index (κ2) is 6.43. The Morgan fingerprint density at radius 3 is 2.60 bits per heavy atom. The van der Waals surface area contributed by atoms with Crippen LogP contribution in [0.2, 0.25) is 0 Å². The number of hydrogen-bond donors (Lipinski definition) is 2. The van der Waals surface area contributed by atoms with E-state index in [0.29, 0.717) is 24.9 Å². The topological polar surface area (TPSA) is 50.9 Å². The third-order valence-electron chi connectivity index (χ3n) is 4.01. The van der Waals surface area contributed by atoms with Crippen molar-refractivity contribution in [1.82, 2.24) is 4.98 Å². The molecule has 0 bridgehead atoms. The number of nitrogens with one attached hydrogen (secondary N) is 1. The number of nitrogens with zero attached hydrogens (tertiary/aromatic N) is 1. The predicted molar refractivity (Wildman–Crippen MR) is 72.2 cm³/mol. The molecule has 0 aliphatic heterocycles. The number of anilines is 1. The second-order valence-electron chi connectivity index (χ2n) is 5.32. The molecule has 112 valence electrons. The molecule has 1 heterocycles. The van der Waals surface area contributed by atoms with Gasteiger partial charge in [0.15, 0.2) is 0 Å². The van der Waals surface area contributed by atoms with Gasteiger partial charge in [0.25, 0.3) is 0 Å². The first-order valence-electron chi connectivity index (χ1n) is 6.98. The summed E-state index contributed by atoms with van der Waals surface area (Å²) in [6.45, 7) is 1.10. The maximum atomic E-state index is 12.9. The molecule has 20 heavy (non-hydrogen) atoms. The van der Waals surface area contributed by atoms with Gasteiger partial charge in [-0.1, -0.05) is 12.8 Å². The summed E-state index contributed by atoms with van der Waals surface area (Å²) in [5.74, 6) is 0.646. The van der Waals surface area contributed by atoms with Gasteiger partial charge in [0, 0.05) is 12.7 Å². The monoisotopic (exact) mass is 287 g/mol. The first-order valence-corrected chi connectivity index (χ1v) is 6.98. The van der Waals surface area contributed by atoms with E-state index in [9.17, 15) is 13.2 Å². The summed E-state index contributed by atoms with van der Waals surface area (Å²) in [5.41, 5.74) is 5.03. The fourth-order valence-electron chi connectivity index (χ4n) is 2.87. The van der Waals surface area contributed by atoms with Crippen LogP contribution in [0.25, 0.3) is 0 Å². The minimum Gasteiger partial charge on any atom is -0.369 e. The van der Waals surface area contributed by atoms with Gasteiger partial charge >= 0.3 is 6.18 Å². The molecule has 1 aromatic rings. The fraction of sp³-hybridized carbons (Fsp3) is 0.643. The molecule has 0 aromatic carbocycles. The van der Waals surface area contributed by atoms with E-state index in [4.69, 9.17) is 5.73 Å². The number of halogens is 3. The highest BCUT2D eigenvalue weighted by molar-refractivity contribution is 5.45. The molecule has 2 atom stereocenters. The SMILES string of the molecule is NCC1CCCCC1CNc1ncccc1C(F)(F)F. The van der Waals surface area contributed by atoms with Crippen LogP contribution in [0.3, 0.4) is 0 Å². The summed E-state index contributed by atoms with van der Waals surface area (Å²) in [5, 5.41) is 2.87. The standard InChI is InChI=1S/C14H20F3N3/c15-14(16,17)12-6-3-7-19-13(12)20-9-11-5-2-1-4-10(11)8-18/h3,6-7,10-11H,1-2,4-5,8-9,18H2,(H,19,20). The van der Waals surface area contributed by atoms with Crippen LogP contribution in [-0.4, -0.2) is 18.1 Å². The molecule has 2 rings (SSSR count). The molecular weight excluding hydrogens is 267 g/mol. The third kappa shape index (κ3) is 3.62. The van der Waals surface area contributed by atoms with Gasteiger partial charge in [-0.05, 0) is 43.4 Å². The molecule has 1 saturated carbocycles. The van der Waals surface area contributed by atoms with Gasteiger partial charge in [0.2, 0.25) is 0 Å². The Kier molecular flexibility index (Phi) is 4.86. The zero-order valence-electron chi connectivity index (χ0n) is 11.3. The molecule has 0 spiro atoms. The van der Waals surface area contributed by atoms with E-state index >= 15 is 0 Å². The van der Waals surface area contributed by atoms with E-state index in [1.165, 1.54) is 12.3 Å². The Bertz CT molecular complexity index is 434. The number of rotatable bonds is 4. The summed E-state index contributed by atoms with van der Waals surface area (Å²) in [6.07, 6.45) is 1.36. The van der Waals surface area contributed by atoms with Crippen LogP contribution >= 0.6 is 0 Å². The normalized spacial score (nSPS) is 23.6. The van der Waals surface area contributed by atoms with Crippen LogP contribution < -0.4 is 11.1 Å². The van der Waals surface area contributed by atoms with E-state index in [-0.39, 0.29) is 5.82 Å². The number of pyridine rings is 1. The highest BCUT2D eigenvalue weighted by Crippen LogP contribution is 2.34. The highest BCUT2D eigenvalue weighted by Gasteiger charge is 2.34. The molecule has 3 N–H and O–H groups in total. The smallest absolute Gasteiger partial charge is 0.369 e. The number of hydrogen-bond acceptors (Lipinski definition) is 3. The molecule has 1 fully saturated rings. The van der Waals surface area contributed by atoms with Crippen LogP contribution in [0.5, 0.6) is 0 Å². The summed E-state index contributed by atoms with van der Waals surface area (Å²) in [7, 11) is 0. The number of aromatic nitrogens is 1. The Morgan fingerprint density at radius 2 is 1.95 bits per heavy atom. The van der Waals surface area contributed by atoms with Gasteiger partial charge in [0.05, 0.1) is 5.56 Å². The van der Waals surface area contributed by atoms with Gasteiger partial charge in [-0.15, -0.1) is 0 Å². The van der Waals surface area contributed by atoms with Crippen LogP contribution in [0.15, 0.2) is 18.3 Å². The third-order valence-corrected chi connectivity index (χ3v) is 4.01. The maximum absolute atomic E-state index is 12.9. The van der Waals surface area contributed by atoms with Crippen LogP contribution in [-0.2, 0) is 6.18 Å². The van der Waals surface area contributed by atoms with Crippen LogP contribution in [0.1, 0.15) is 31.2 Å². The van der Waals surface area contributed by atoms with Crippen molar-refractivity contribution in [3.8, 4) is 0 Å². The summed E-state index contributed by atoms with van der Waals surface area (Å²) < 4.78 is 38.6. The van der Waals surface area contributed by atoms with Crippen LogP contribution in [0, 0.1) is 11.8 Å². The minimum absolute atomic E-state index is 0.0821. The van der Waals surface area contributed by atoms with E-state index in [0.717, 1.165) is 31.7 Å². The van der Waals surface area contributed by atoms with Crippen molar-refractivity contribution in [2.45, 2.75) is 31.9 Å². The van der Waals surface area contributed by atoms with Gasteiger partial charge in [0.1, 0.15) is 5.82 Å². The maximum Gasteiger partial charge on any atom is 0.419 e. The van der Waals surface area contributed by atoms with Crippen molar-refractivity contribution < 1.29 is 13.2 Å². The lowest BCUT2D eigenvalue weighted by Gasteiger charge is -2.31. The molecule has 2 unspecified atom stereocenters. The average molecular weight is 287 g/mol. The largest absolute Gasteiger partial charge is 0.419 e. The Hall–Kier alpha value is -1.30. The molecule has 0 saturated heterocycles.